The van der Waals surface area contributed by atoms with Crippen molar-refractivity contribution in [3.05, 3.63) is 75.5 Å². The molecule has 0 spiro atoms. The molecule has 2 aliphatic heterocycles. The van der Waals surface area contributed by atoms with E-state index in [0.717, 1.165) is 49.2 Å². The number of allylic oxidation sites excluding steroid dienone is 2. The van der Waals surface area contributed by atoms with Crippen LogP contribution in [0.25, 0.3) is 0 Å². The summed E-state index contributed by atoms with van der Waals surface area (Å²) < 4.78 is 11.2. The Morgan fingerprint density at radius 2 is 1.64 bits per heavy atom. The van der Waals surface area contributed by atoms with Crippen LogP contribution in [0, 0.1) is 10.1 Å². The van der Waals surface area contributed by atoms with E-state index in [-0.39, 0.29) is 12.4 Å². The number of aliphatic hydroxyl groups is 1. The fraction of sp³-hybridized carbons (Fsp3) is 0.606. The van der Waals surface area contributed by atoms with Crippen molar-refractivity contribution in [1.82, 2.24) is 21.2 Å². The highest BCUT2D eigenvalue weighted by molar-refractivity contribution is 5.68. The third-order valence-electron chi connectivity index (χ3n) is 7.57. The topological polar surface area (TPSA) is 147 Å². The van der Waals surface area contributed by atoms with Gasteiger partial charge in [-0.2, -0.15) is 0 Å². The first-order valence-electron chi connectivity index (χ1n) is 16.1. The minimum absolute atomic E-state index is 0.122. The Morgan fingerprint density at radius 1 is 1.00 bits per heavy atom. The Bertz CT molecular complexity index is 1190. The summed E-state index contributed by atoms with van der Waals surface area (Å²) >= 11 is 0. The number of amides is 1. The molecule has 1 aromatic rings. The van der Waals surface area contributed by atoms with Crippen LogP contribution >= 0.6 is 0 Å². The molecule has 12 nitrogen and oxygen atoms in total. The van der Waals surface area contributed by atoms with Gasteiger partial charge >= 0.3 is 11.9 Å². The Labute approximate surface area is 266 Å². The van der Waals surface area contributed by atoms with Crippen LogP contribution in [0.3, 0.4) is 0 Å². The molecular formula is C33H51N5O7. The molecule has 3 rings (SSSR count). The molecule has 250 valence electrons. The summed E-state index contributed by atoms with van der Waals surface area (Å²) in [6.07, 6.45) is 16.0. The van der Waals surface area contributed by atoms with Gasteiger partial charge in [-0.05, 0) is 87.1 Å². The van der Waals surface area contributed by atoms with Gasteiger partial charge in [0, 0.05) is 12.6 Å². The van der Waals surface area contributed by atoms with Crippen molar-refractivity contribution in [2.24, 2.45) is 0 Å². The largest absolute Gasteiger partial charge is 0.494 e. The molecule has 0 saturated heterocycles. The van der Waals surface area contributed by atoms with Crippen molar-refractivity contribution >= 4 is 6.09 Å². The molecular weight excluding hydrogens is 578 g/mol. The van der Waals surface area contributed by atoms with Crippen LogP contribution < -0.4 is 20.9 Å². The lowest BCUT2D eigenvalue weighted by Crippen LogP contribution is -2.50. The van der Waals surface area contributed by atoms with Gasteiger partial charge in [-0.15, -0.1) is 0 Å². The number of nitro groups is 1. The molecule has 12 heteroatoms. The molecule has 0 bridgehead atoms. The molecule has 0 unspecified atom stereocenters. The Morgan fingerprint density at radius 3 is 2.27 bits per heavy atom. The maximum absolute atomic E-state index is 12.1. The molecule has 0 aromatic heterocycles. The number of fused-ring (bicyclic) bond motifs is 1. The van der Waals surface area contributed by atoms with Crippen molar-refractivity contribution in [3.8, 4) is 5.75 Å². The van der Waals surface area contributed by atoms with Gasteiger partial charge in [0.2, 0.25) is 5.70 Å². The number of rotatable bonds is 20. The second-order valence-corrected chi connectivity index (χ2v) is 12.8. The summed E-state index contributed by atoms with van der Waals surface area (Å²) in [6.45, 7) is 8.58. The van der Waals surface area contributed by atoms with Crippen LogP contribution in [0.2, 0.25) is 0 Å². The average Bonchev–Trinajstić information content (AvgIpc) is 3.48. The van der Waals surface area contributed by atoms with Crippen LogP contribution in [0.1, 0.15) is 97.5 Å². The van der Waals surface area contributed by atoms with Crippen LogP contribution in [-0.2, 0) is 16.1 Å². The van der Waals surface area contributed by atoms with Gasteiger partial charge in [0.25, 0.3) is 0 Å². The summed E-state index contributed by atoms with van der Waals surface area (Å²) in [5.41, 5.74) is 3.74. The molecule has 2 aliphatic rings. The molecule has 1 aromatic carbocycles. The van der Waals surface area contributed by atoms with E-state index in [1.54, 1.807) is 12.3 Å². The van der Waals surface area contributed by atoms with E-state index in [0.29, 0.717) is 25.1 Å². The zero-order chi connectivity index (χ0) is 32.7. The second kappa shape index (κ2) is 17.6. The maximum Gasteiger partial charge on any atom is 0.408 e. The fourth-order valence-corrected chi connectivity index (χ4v) is 4.98. The molecule has 2 heterocycles. The minimum atomic E-state index is -0.763. The molecule has 45 heavy (non-hydrogen) atoms. The number of nitrogens with zero attached hydrogens (tertiary/aromatic N) is 2. The number of hydrogen-bond acceptors (Lipinski definition) is 10. The van der Waals surface area contributed by atoms with Gasteiger partial charge in [0.1, 0.15) is 11.4 Å². The van der Waals surface area contributed by atoms with Crippen LogP contribution in [0.5, 0.6) is 5.75 Å². The Balaban J connectivity index is 1.17. The second-order valence-electron chi connectivity index (χ2n) is 12.8. The van der Waals surface area contributed by atoms with Gasteiger partial charge in [-0.1, -0.05) is 62.0 Å². The third kappa shape index (κ3) is 12.6. The summed E-state index contributed by atoms with van der Waals surface area (Å²) in [7, 11) is 0. The van der Waals surface area contributed by atoms with E-state index in [1.165, 1.54) is 43.2 Å². The van der Waals surface area contributed by atoms with E-state index < -0.39 is 22.2 Å². The molecule has 1 atom stereocenters. The van der Waals surface area contributed by atoms with Crippen molar-refractivity contribution in [2.75, 3.05) is 19.8 Å². The van der Waals surface area contributed by atoms with Crippen molar-refractivity contribution in [2.45, 2.75) is 109 Å². The molecule has 4 N–H and O–H groups in total. The highest BCUT2D eigenvalue weighted by Gasteiger charge is 2.37. The quantitative estimate of drug-likeness (QED) is 0.0771. The van der Waals surface area contributed by atoms with Gasteiger partial charge in [-0.3, -0.25) is 0 Å². The number of alkyl carbamates (subject to hydrolysis) is 1. The highest BCUT2D eigenvalue weighted by atomic mass is 16.8. The first kappa shape index (κ1) is 35.7. The van der Waals surface area contributed by atoms with Gasteiger partial charge in [-0.25, -0.2) is 10.3 Å². The van der Waals surface area contributed by atoms with E-state index in [1.807, 2.05) is 52.0 Å². The molecule has 0 saturated carbocycles. The maximum atomic E-state index is 12.1. The van der Waals surface area contributed by atoms with E-state index in [4.69, 9.17) is 14.4 Å². The average molecular weight is 630 g/mol. The predicted octanol–water partition coefficient (Wildman–Crippen LogP) is 5.98. The summed E-state index contributed by atoms with van der Waals surface area (Å²) in [5.74, 6) is 0.729. The Kier molecular flexibility index (Phi) is 14.0. The summed E-state index contributed by atoms with van der Waals surface area (Å²) in [5, 5.41) is 28.3. The fourth-order valence-electron chi connectivity index (χ4n) is 4.98. The number of hydrogen-bond donors (Lipinski definition) is 4. The van der Waals surface area contributed by atoms with Crippen LogP contribution in [-0.4, -0.2) is 52.1 Å². The van der Waals surface area contributed by atoms with E-state index >= 15 is 0 Å². The lowest BCUT2D eigenvalue weighted by molar-refractivity contribution is -0.465. The Hall–Kier alpha value is -3.77. The number of benzene rings is 1. The normalized spacial score (nSPS) is 15.6. The first-order valence-corrected chi connectivity index (χ1v) is 16.1. The van der Waals surface area contributed by atoms with Crippen LogP contribution in [0.15, 0.2) is 59.8 Å². The minimum Gasteiger partial charge on any atom is -0.494 e. The predicted molar refractivity (Wildman–Crippen MR) is 172 cm³/mol. The van der Waals surface area contributed by atoms with Crippen molar-refractivity contribution < 1.29 is 29.2 Å². The molecule has 0 aliphatic carbocycles. The lowest BCUT2D eigenvalue weighted by Gasteiger charge is -2.30. The highest BCUT2D eigenvalue weighted by Crippen LogP contribution is 2.27. The standard InChI is InChI=1S/C33H51N5O7/c1-32(2,3)44-31(40)36-33(4,25-39)21-20-26-14-16-27(17-15-26)43-23-13-11-9-7-5-6-8-10-12-22-34-28-18-19-30(38(41)42)37-29(28)24-35-45-37/h14-19,24,34-35,39H,5-13,20-23,25H2,1-4H3,(H,36,40)/t33-/m1/s1. The molecule has 0 radical (unpaired) electrons. The van der Waals surface area contributed by atoms with Crippen LogP contribution in [0.4, 0.5) is 4.79 Å². The zero-order valence-corrected chi connectivity index (χ0v) is 27.2. The van der Waals surface area contributed by atoms with Gasteiger partial charge < -0.3 is 35.3 Å². The van der Waals surface area contributed by atoms with Crippen molar-refractivity contribution in [1.29, 1.82) is 0 Å². The lowest BCUT2D eigenvalue weighted by atomic mass is 9.94. The zero-order valence-electron chi connectivity index (χ0n) is 27.2. The van der Waals surface area contributed by atoms with E-state index in [2.05, 4.69) is 16.1 Å². The number of aliphatic hydroxyl groups excluding tert-OH is 1. The monoisotopic (exact) mass is 629 g/mol. The van der Waals surface area contributed by atoms with E-state index in [9.17, 15) is 20.0 Å². The molecule has 1 amide bonds. The number of hydroxylamine groups is 3. The number of carbonyl (C=O) groups is 1. The molecule has 0 fully saturated rings. The SMILES string of the molecule is CC(C)(C)OC(=O)N[C@@](C)(CO)CCc1ccc(OCCCCCCCCCCCNC2=CC=C([N+](=O)[O-])N3ONC=C23)cc1. The van der Waals surface area contributed by atoms with Gasteiger partial charge in [0.05, 0.1) is 30.6 Å². The number of nitrogens with one attached hydrogen (secondary N) is 3. The van der Waals surface area contributed by atoms with Crippen molar-refractivity contribution in [3.63, 3.8) is 0 Å². The third-order valence-corrected chi connectivity index (χ3v) is 7.57. The summed E-state index contributed by atoms with van der Waals surface area (Å²) in [6, 6.07) is 8.01. The summed E-state index contributed by atoms with van der Waals surface area (Å²) in [4.78, 5) is 27.9. The first-order chi connectivity index (χ1) is 21.5. The number of ether oxygens (including phenoxy) is 2. The van der Waals surface area contributed by atoms with Gasteiger partial charge in [0.15, 0.2) is 0 Å². The number of unbranched alkanes of at least 4 members (excludes halogenated alkanes) is 8. The smallest absolute Gasteiger partial charge is 0.408 e. The number of aryl methyl sites for hydroxylation is 1. The number of carbonyl (C=O) groups excluding carboxylic acids is 1.